The van der Waals surface area contributed by atoms with Gasteiger partial charge in [0.15, 0.2) is 0 Å². The third kappa shape index (κ3) is 4.40. The van der Waals surface area contributed by atoms with Gasteiger partial charge >= 0.3 is 0 Å². The maximum Gasteiger partial charge on any atom is 0.135 e. The number of fused-ring (bicyclic) bond motifs is 7. The maximum atomic E-state index is 6.54. The molecule has 0 fully saturated rings. The van der Waals surface area contributed by atoms with E-state index in [1.54, 1.807) is 0 Å². The molecule has 0 bridgehead atoms. The van der Waals surface area contributed by atoms with Crippen LogP contribution in [0, 0.1) is 0 Å². The van der Waals surface area contributed by atoms with Crippen LogP contribution in [0.1, 0.15) is 25.0 Å². The molecule has 0 saturated heterocycles. The molecule has 7 aromatic carbocycles. The summed E-state index contributed by atoms with van der Waals surface area (Å²) in [6.45, 7) is 4.69. The lowest BCUT2D eigenvalue weighted by Crippen LogP contribution is -2.15. The molecule has 0 amide bonds. The van der Waals surface area contributed by atoms with Crippen LogP contribution >= 0.6 is 0 Å². The number of rotatable bonds is 5. The smallest absolute Gasteiger partial charge is 0.135 e. The number of anilines is 3. The van der Waals surface area contributed by atoms with Gasteiger partial charge in [-0.15, -0.1) is 0 Å². The first-order valence-electron chi connectivity index (χ1n) is 16.3. The van der Waals surface area contributed by atoms with Crippen LogP contribution in [0.15, 0.2) is 168 Å². The Balaban J connectivity index is 1.25. The molecule has 0 saturated carbocycles. The Morgan fingerprint density at radius 2 is 1.04 bits per heavy atom. The minimum atomic E-state index is -0.144. The number of benzene rings is 7. The van der Waals surface area contributed by atoms with Crippen molar-refractivity contribution >= 4 is 39.0 Å². The molecule has 9 rings (SSSR count). The monoisotopic (exact) mass is 603 g/mol. The first-order valence-corrected chi connectivity index (χ1v) is 16.3. The molecule has 1 aliphatic rings. The van der Waals surface area contributed by atoms with Crippen LogP contribution in [0.5, 0.6) is 0 Å². The lowest BCUT2D eigenvalue weighted by atomic mass is 9.80. The molecule has 8 aromatic rings. The number of nitrogens with zero attached hydrogens (tertiary/aromatic N) is 1. The maximum absolute atomic E-state index is 6.54. The fourth-order valence-electron chi connectivity index (χ4n) is 7.60. The number of hydrogen-bond acceptors (Lipinski definition) is 2. The van der Waals surface area contributed by atoms with Crippen molar-refractivity contribution in [1.82, 2.24) is 0 Å². The molecule has 2 nitrogen and oxygen atoms in total. The summed E-state index contributed by atoms with van der Waals surface area (Å²) in [7, 11) is 0. The highest BCUT2D eigenvalue weighted by Crippen LogP contribution is 2.53. The van der Waals surface area contributed by atoms with Crippen molar-refractivity contribution in [2.24, 2.45) is 0 Å². The molecule has 47 heavy (non-hydrogen) atoms. The van der Waals surface area contributed by atoms with Crippen LogP contribution < -0.4 is 4.90 Å². The van der Waals surface area contributed by atoms with E-state index in [4.69, 9.17) is 4.42 Å². The second kappa shape index (κ2) is 10.6. The second-order valence-corrected chi connectivity index (χ2v) is 13.0. The van der Waals surface area contributed by atoms with E-state index in [0.29, 0.717) is 0 Å². The SMILES string of the molecule is CC1(C)c2ccccc2-c2ccc3oc4ccc(N(c5ccc(-c6ccccc6)cc5)c5cccc(-c6ccccc6)c5)cc4c3c21. The van der Waals surface area contributed by atoms with E-state index in [-0.39, 0.29) is 5.41 Å². The van der Waals surface area contributed by atoms with Gasteiger partial charge in [0.05, 0.1) is 0 Å². The fourth-order valence-corrected chi connectivity index (χ4v) is 7.60. The molecule has 0 radical (unpaired) electrons. The van der Waals surface area contributed by atoms with Gasteiger partial charge in [-0.1, -0.05) is 129 Å². The summed E-state index contributed by atoms with van der Waals surface area (Å²) in [5, 5.41) is 2.35. The highest BCUT2D eigenvalue weighted by atomic mass is 16.3. The standard InChI is InChI=1S/C45H33NO/c1-45(2)40-19-10-9-18-37(40)38-25-27-42-43(44(38)45)39-29-36(24-26-41(39)47-42)46(34-22-20-32(21-23-34)30-12-5-3-6-13-30)35-17-11-16-33(28-35)31-14-7-4-8-15-31/h3-29H,1-2H3. The van der Waals surface area contributed by atoms with Crippen molar-refractivity contribution in [1.29, 1.82) is 0 Å². The molecule has 0 N–H and O–H groups in total. The van der Waals surface area contributed by atoms with Crippen molar-refractivity contribution in [2.45, 2.75) is 19.3 Å². The van der Waals surface area contributed by atoms with Crippen LogP contribution in [-0.2, 0) is 5.41 Å². The third-order valence-corrected chi connectivity index (χ3v) is 9.84. The van der Waals surface area contributed by atoms with E-state index in [9.17, 15) is 0 Å². The molecule has 1 aliphatic carbocycles. The summed E-state index contributed by atoms with van der Waals surface area (Å²) >= 11 is 0. The Bertz CT molecular complexity index is 2420. The van der Waals surface area contributed by atoms with E-state index in [1.165, 1.54) is 49.9 Å². The van der Waals surface area contributed by atoms with Crippen molar-refractivity contribution in [2.75, 3.05) is 4.90 Å². The van der Waals surface area contributed by atoms with E-state index in [1.807, 2.05) is 0 Å². The number of furan rings is 1. The topological polar surface area (TPSA) is 16.4 Å². The first-order chi connectivity index (χ1) is 23.1. The molecule has 1 heterocycles. The van der Waals surface area contributed by atoms with E-state index in [2.05, 4.69) is 183 Å². The predicted octanol–water partition coefficient (Wildman–Crippen LogP) is 12.7. The van der Waals surface area contributed by atoms with Gasteiger partial charge in [-0.05, 0) is 93.0 Å². The van der Waals surface area contributed by atoms with Crippen molar-refractivity contribution in [3.05, 3.63) is 175 Å². The van der Waals surface area contributed by atoms with Gasteiger partial charge < -0.3 is 9.32 Å². The molecule has 1 aromatic heterocycles. The quantitative estimate of drug-likeness (QED) is 0.195. The van der Waals surface area contributed by atoms with E-state index >= 15 is 0 Å². The molecule has 0 unspecified atom stereocenters. The molecule has 2 heteroatoms. The minimum absolute atomic E-state index is 0.144. The average Bonchev–Trinajstić information content (AvgIpc) is 3.61. The first kappa shape index (κ1) is 27.5. The highest BCUT2D eigenvalue weighted by Gasteiger charge is 2.38. The van der Waals surface area contributed by atoms with Crippen LogP contribution in [-0.4, -0.2) is 0 Å². The fraction of sp³-hybridized carbons (Fsp3) is 0.0667. The zero-order chi connectivity index (χ0) is 31.5. The van der Waals surface area contributed by atoms with Gasteiger partial charge in [0.25, 0.3) is 0 Å². The summed E-state index contributed by atoms with van der Waals surface area (Å²) in [5.74, 6) is 0. The van der Waals surface area contributed by atoms with Crippen LogP contribution in [0.25, 0.3) is 55.3 Å². The molecule has 224 valence electrons. The summed E-state index contributed by atoms with van der Waals surface area (Å²) in [5.41, 5.74) is 15.1. The summed E-state index contributed by atoms with van der Waals surface area (Å²) in [6, 6.07) is 58.7. The van der Waals surface area contributed by atoms with Gasteiger partial charge in [0.2, 0.25) is 0 Å². The van der Waals surface area contributed by atoms with Crippen molar-refractivity contribution in [3.8, 4) is 33.4 Å². The second-order valence-electron chi connectivity index (χ2n) is 13.0. The Morgan fingerprint density at radius 1 is 0.447 bits per heavy atom. The number of hydrogen-bond donors (Lipinski definition) is 0. The molecule has 0 spiro atoms. The zero-order valence-corrected chi connectivity index (χ0v) is 26.4. The summed E-state index contributed by atoms with van der Waals surface area (Å²) in [4.78, 5) is 2.36. The Kier molecular flexibility index (Phi) is 6.20. The molecular weight excluding hydrogens is 571 g/mol. The van der Waals surface area contributed by atoms with Crippen LogP contribution in [0.3, 0.4) is 0 Å². The zero-order valence-electron chi connectivity index (χ0n) is 26.4. The average molecular weight is 604 g/mol. The predicted molar refractivity (Wildman–Crippen MR) is 197 cm³/mol. The molecule has 0 aliphatic heterocycles. The Labute approximate surface area is 275 Å². The Hall–Kier alpha value is -5.86. The lowest BCUT2D eigenvalue weighted by molar-refractivity contribution is 0.657. The summed E-state index contributed by atoms with van der Waals surface area (Å²) < 4.78 is 6.54. The van der Waals surface area contributed by atoms with E-state index < -0.39 is 0 Å². The Morgan fingerprint density at radius 3 is 1.81 bits per heavy atom. The van der Waals surface area contributed by atoms with Crippen molar-refractivity contribution in [3.63, 3.8) is 0 Å². The van der Waals surface area contributed by atoms with Gasteiger partial charge in [-0.3, -0.25) is 0 Å². The largest absolute Gasteiger partial charge is 0.456 e. The van der Waals surface area contributed by atoms with Gasteiger partial charge in [0, 0.05) is 33.2 Å². The highest BCUT2D eigenvalue weighted by molar-refractivity contribution is 6.12. The molecule has 0 atom stereocenters. The van der Waals surface area contributed by atoms with Gasteiger partial charge in [-0.25, -0.2) is 0 Å². The van der Waals surface area contributed by atoms with Crippen LogP contribution in [0.2, 0.25) is 0 Å². The minimum Gasteiger partial charge on any atom is -0.456 e. The van der Waals surface area contributed by atoms with Crippen molar-refractivity contribution < 1.29 is 4.42 Å². The summed E-state index contributed by atoms with van der Waals surface area (Å²) in [6.07, 6.45) is 0. The third-order valence-electron chi connectivity index (χ3n) is 9.84. The van der Waals surface area contributed by atoms with Crippen LogP contribution in [0.4, 0.5) is 17.1 Å². The lowest BCUT2D eigenvalue weighted by Gasteiger charge is -2.26. The van der Waals surface area contributed by atoms with E-state index in [0.717, 1.165) is 33.6 Å². The van der Waals surface area contributed by atoms with Gasteiger partial charge in [-0.2, -0.15) is 0 Å². The van der Waals surface area contributed by atoms with Gasteiger partial charge in [0.1, 0.15) is 11.2 Å². The molecular formula is C45H33NO. The normalized spacial score (nSPS) is 13.1.